The van der Waals surface area contributed by atoms with Gasteiger partial charge < -0.3 is 20.1 Å². The van der Waals surface area contributed by atoms with E-state index in [1.54, 1.807) is 42.5 Å². The van der Waals surface area contributed by atoms with Crippen molar-refractivity contribution in [1.82, 2.24) is 9.97 Å². The van der Waals surface area contributed by atoms with Crippen molar-refractivity contribution >= 4 is 23.1 Å². The van der Waals surface area contributed by atoms with Crippen LogP contribution in [0.15, 0.2) is 54.7 Å². The molecule has 1 aliphatic carbocycles. The van der Waals surface area contributed by atoms with Crippen LogP contribution >= 0.6 is 0 Å². The zero-order valence-corrected chi connectivity index (χ0v) is 19.7. The number of rotatable bonds is 8. The number of aromatic nitrogens is 2. The lowest BCUT2D eigenvalue weighted by molar-refractivity contribution is -0.137. The maximum Gasteiger partial charge on any atom is 0.421 e. The summed E-state index contributed by atoms with van der Waals surface area (Å²) in [4.78, 5) is 7.99. The molecule has 3 aromatic rings. The average Bonchev–Trinajstić information content (AvgIpc) is 2.80. The van der Waals surface area contributed by atoms with Gasteiger partial charge in [0.2, 0.25) is 5.95 Å². The Morgan fingerprint density at radius 3 is 2.34 bits per heavy atom. The van der Waals surface area contributed by atoms with Crippen LogP contribution in [0.5, 0.6) is 11.5 Å². The first-order valence-corrected chi connectivity index (χ1v) is 11.8. The summed E-state index contributed by atoms with van der Waals surface area (Å²) in [7, 11) is 0. The Labute approximate surface area is 202 Å². The molecule has 2 N–H and O–H groups in total. The fraction of sp³-hybridized carbons (Fsp3) is 0.385. The van der Waals surface area contributed by atoms with E-state index in [-0.39, 0.29) is 24.0 Å². The Balaban J connectivity index is 1.53. The van der Waals surface area contributed by atoms with Crippen LogP contribution in [-0.4, -0.2) is 22.2 Å². The van der Waals surface area contributed by atoms with Gasteiger partial charge in [0.1, 0.15) is 22.9 Å². The number of anilines is 4. The number of nitrogens with zero attached hydrogens (tertiary/aromatic N) is 2. The predicted octanol–water partition coefficient (Wildman–Crippen LogP) is 7.48. The molecule has 0 saturated heterocycles. The molecule has 0 spiro atoms. The molecule has 4 rings (SSSR count). The molecule has 35 heavy (non-hydrogen) atoms. The van der Waals surface area contributed by atoms with Gasteiger partial charge in [-0.25, -0.2) is 4.98 Å². The SMILES string of the molecule is CC(C)Oc1ccc(Nc2ncc(C(F)(F)F)c(Nc3cccc(OC4CCCCC4)c3)n2)cc1. The molecular weight excluding hydrogens is 457 g/mol. The Hall–Kier alpha value is -3.49. The highest BCUT2D eigenvalue weighted by Crippen LogP contribution is 2.36. The van der Waals surface area contributed by atoms with Crippen LogP contribution in [0.25, 0.3) is 0 Å². The standard InChI is InChI=1S/C26H29F3N4O2/c1-17(2)34-21-13-11-18(12-14-21)32-25-30-16-23(26(27,28)29)24(33-25)31-19-7-6-10-22(15-19)35-20-8-4-3-5-9-20/h6-7,10-17,20H,3-5,8-9H2,1-2H3,(H2,30,31,32,33). The first kappa shape index (κ1) is 24.6. The first-order chi connectivity index (χ1) is 16.8. The molecule has 0 bridgehead atoms. The van der Waals surface area contributed by atoms with Gasteiger partial charge in [-0.1, -0.05) is 12.5 Å². The van der Waals surface area contributed by atoms with Gasteiger partial charge in [0.05, 0.1) is 12.2 Å². The molecule has 0 unspecified atom stereocenters. The highest BCUT2D eigenvalue weighted by molar-refractivity contribution is 5.64. The van der Waals surface area contributed by atoms with E-state index in [2.05, 4.69) is 20.6 Å². The summed E-state index contributed by atoms with van der Waals surface area (Å²) in [5.74, 6) is 1.00. The summed E-state index contributed by atoms with van der Waals surface area (Å²) in [5.41, 5.74) is 0.112. The summed E-state index contributed by atoms with van der Waals surface area (Å²) in [6, 6.07) is 14.0. The van der Waals surface area contributed by atoms with Crippen LogP contribution < -0.4 is 20.1 Å². The van der Waals surface area contributed by atoms with E-state index in [1.807, 2.05) is 19.9 Å². The number of nitrogens with one attached hydrogen (secondary N) is 2. The van der Waals surface area contributed by atoms with Crippen LogP contribution in [-0.2, 0) is 6.18 Å². The van der Waals surface area contributed by atoms with Gasteiger partial charge >= 0.3 is 6.18 Å². The second-order valence-corrected chi connectivity index (χ2v) is 8.80. The molecule has 6 nitrogen and oxygen atoms in total. The van der Waals surface area contributed by atoms with E-state index in [0.29, 0.717) is 22.9 Å². The zero-order chi connectivity index (χ0) is 24.8. The van der Waals surface area contributed by atoms with Crippen molar-refractivity contribution in [1.29, 1.82) is 0 Å². The highest BCUT2D eigenvalue weighted by Gasteiger charge is 2.35. The molecule has 186 valence electrons. The molecule has 0 amide bonds. The number of hydrogen-bond acceptors (Lipinski definition) is 6. The van der Waals surface area contributed by atoms with Crippen molar-refractivity contribution in [2.24, 2.45) is 0 Å². The van der Waals surface area contributed by atoms with Crippen molar-refractivity contribution in [3.8, 4) is 11.5 Å². The summed E-state index contributed by atoms with van der Waals surface area (Å²) >= 11 is 0. The van der Waals surface area contributed by atoms with Crippen LogP contribution in [0.3, 0.4) is 0 Å². The molecule has 1 aromatic heterocycles. The normalized spacial score (nSPS) is 14.6. The summed E-state index contributed by atoms with van der Waals surface area (Å²) in [6.45, 7) is 3.85. The van der Waals surface area contributed by atoms with E-state index in [4.69, 9.17) is 9.47 Å². The molecule has 1 fully saturated rings. The third kappa shape index (κ3) is 7.00. The summed E-state index contributed by atoms with van der Waals surface area (Å²) < 4.78 is 52.7. The van der Waals surface area contributed by atoms with Crippen LogP contribution in [0.1, 0.15) is 51.5 Å². The van der Waals surface area contributed by atoms with Gasteiger partial charge in [-0.05, 0) is 75.9 Å². The van der Waals surface area contributed by atoms with Crippen molar-refractivity contribution < 1.29 is 22.6 Å². The third-order valence-electron chi connectivity index (χ3n) is 5.53. The monoisotopic (exact) mass is 486 g/mol. The Morgan fingerprint density at radius 1 is 0.914 bits per heavy atom. The third-order valence-corrected chi connectivity index (χ3v) is 5.53. The minimum absolute atomic E-state index is 0.0345. The lowest BCUT2D eigenvalue weighted by atomic mass is 9.98. The number of benzene rings is 2. The fourth-order valence-corrected chi connectivity index (χ4v) is 3.92. The van der Waals surface area contributed by atoms with Crippen LogP contribution in [0.4, 0.5) is 36.3 Å². The van der Waals surface area contributed by atoms with Crippen molar-refractivity contribution in [2.45, 2.75) is 64.3 Å². The number of ether oxygens (including phenoxy) is 2. The second kappa shape index (κ2) is 10.8. The lowest BCUT2D eigenvalue weighted by Crippen LogP contribution is -2.19. The summed E-state index contributed by atoms with van der Waals surface area (Å²) in [6.07, 6.45) is 1.76. The van der Waals surface area contributed by atoms with Crippen LogP contribution in [0.2, 0.25) is 0 Å². The lowest BCUT2D eigenvalue weighted by Gasteiger charge is -2.23. The minimum Gasteiger partial charge on any atom is -0.491 e. The largest absolute Gasteiger partial charge is 0.491 e. The number of alkyl halides is 3. The van der Waals surface area contributed by atoms with Crippen molar-refractivity contribution in [3.05, 3.63) is 60.3 Å². The smallest absolute Gasteiger partial charge is 0.421 e. The Bertz CT molecular complexity index is 1110. The molecule has 9 heteroatoms. The topological polar surface area (TPSA) is 68.3 Å². The quantitative estimate of drug-likeness (QED) is 0.344. The van der Waals surface area contributed by atoms with Gasteiger partial charge in [-0.15, -0.1) is 0 Å². The maximum atomic E-state index is 13.7. The van der Waals surface area contributed by atoms with Gasteiger partial charge in [-0.3, -0.25) is 0 Å². The predicted molar refractivity (Wildman–Crippen MR) is 130 cm³/mol. The van der Waals surface area contributed by atoms with Gasteiger partial charge in [0.15, 0.2) is 0 Å². The minimum atomic E-state index is -4.62. The Morgan fingerprint density at radius 2 is 1.66 bits per heavy atom. The van der Waals surface area contributed by atoms with Crippen LogP contribution in [0, 0.1) is 0 Å². The van der Waals surface area contributed by atoms with E-state index in [1.165, 1.54) is 6.42 Å². The molecule has 1 heterocycles. The average molecular weight is 487 g/mol. The van der Waals surface area contributed by atoms with E-state index in [9.17, 15) is 13.2 Å². The highest BCUT2D eigenvalue weighted by atomic mass is 19.4. The Kier molecular flexibility index (Phi) is 7.63. The van der Waals surface area contributed by atoms with Gasteiger partial charge in [0.25, 0.3) is 0 Å². The second-order valence-electron chi connectivity index (χ2n) is 8.80. The molecule has 0 radical (unpaired) electrons. The molecule has 0 atom stereocenters. The van der Waals surface area contributed by atoms with Gasteiger partial charge in [0, 0.05) is 23.6 Å². The molecular formula is C26H29F3N4O2. The molecule has 1 aliphatic rings. The van der Waals surface area contributed by atoms with Crippen molar-refractivity contribution in [3.63, 3.8) is 0 Å². The molecule has 1 saturated carbocycles. The van der Waals surface area contributed by atoms with E-state index in [0.717, 1.165) is 31.9 Å². The number of hydrogen-bond donors (Lipinski definition) is 2. The maximum absolute atomic E-state index is 13.7. The zero-order valence-electron chi connectivity index (χ0n) is 19.7. The summed E-state index contributed by atoms with van der Waals surface area (Å²) in [5, 5.41) is 5.75. The molecule has 0 aliphatic heterocycles. The first-order valence-electron chi connectivity index (χ1n) is 11.8. The van der Waals surface area contributed by atoms with E-state index >= 15 is 0 Å². The fourth-order valence-electron chi connectivity index (χ4n) is 3.92. The molecule has 2 aromatic carbocycles. The van der Waals surface area contributed by atoms with Gasteiger partial charge in [-0.2, -0.15) is 18.2 Å². The van der Waals surface area contributed by atoms with Crippen molar-refractivity contribution in [2.75, 3.05) is 10.6 Å². The van der Waals surface area contributed by atoms with E-state index < -0.39 is 11.7 Å². The number of halogens is 3.